The number of carbonyl (C=O) groups excluding carboxylic acids is 3. The van der Waals surface area contributed by atoms with Crippen molar-refractivity contribution in [2.45, 2.75) is 38.1 Å². The van der Waals surface area contributed by atoms with Crippen LogP contribution in [0.4, 0.5) is 9.93 Å². The SMILES string of the molecule is C[C@H]1CCCC[C@]12NC(=O)N(CC(=O)Nc1nc3ccccc3s1)C2=O. The fourth-order valence-corrected chi connectivity index (χ4v) is 4.75. The molecule has 4 rings (SSSR count). The van der Waals surface area contributed by atoms with E-state index in [0.717, 1.165) is 34.4 Å². The fraction of sp³-hybridized carbons (Fsp3) is 0.444. The lowest BCUT2D eigenvalue weighted by molar-refractivity contribution is -0.136. The molecule has 2 atom stereocenters. The smallest absolute Gasteiger partial charge is 0.323 e. The van der Waals surface area contributed by atoms with E-state index in [1.165, 1.54) is 11.3 Å². The summed E-state index contributed by atoms with van der Waals surface area (Å²) in [5, 5.41) is 6.01. The van der Waals surface area contributed by atoms with Gasteiger partial charge in [-0.3, -0.25) is 14.5 Å². The molecule has 7 nitrogen and oxygen atoms in total. The van der Waals surface area contributed by atoms with Gasteiger partial charge in [-0.05, 0) is 30.9 Å². The number of fused-ring (bicyclic) bond motifs is 1. The molecule has 1 aromatic heterocycles. The van der Waals surface area contributed by atoms with Crippen LogP contribution in [0.1, 0.15) is 32.6 Å². The molecule has 0 bridgehead atoms. The number of imide groups is 1. The molecule has 1 aromatic carbocycles. The zero-order valence-electron chi connectivity index (χ0n) is 14.4. The van der Waals surface area contributed by atoms with Gasteiger partial charge in [0.25, 0.3) is 5.91 Å². The van der Waals surface area contributed by atoms with Crippen molar-refractivity contribution >= 4 is 44.5 Å². The van der Waals surface area contributed by atoms with E-state index in [9.17, 15) is 14.4 Å². The van der Waals surface area contributed by atoms with Gasteiger partial charge in [0.1, 0.15) is 12.1 Å². The van der Waals surface area contributed by atoms with Gasteiger partial charge in [-0.1, -0.05) is 43.2 Å². The summed E-state index contributed by atoms with van der Waals surface area (Å²) >= 11 is 1.36. The second kappa shape index (κ2) is 6.35. The van der Waals surface area contributed by atoms with Gasteiger partial charge in [0.05, 0.1) is 10.2 Å². The second-order valence-corrected chi connectivity index (χ2v) is 8.01. The molecule has 2 N–H and O–H groups in total. The van der Waals surface area contributed by atoms with Crippen molar-refractivity contribution in [3.05, 3.63) is 24.3 Å². The Morgan fingerprint density at radius 2 is 2.19 bits per heavy atom. The van der Waals surface area contributed by atoms with E-state index in [1.54, 1.807) is 0 Å². The largest absolute Gasteiger partial charge is 0.325 e. The maximum atomic E-state index is 12.9. The average molecular weight is 372 g/mol. The Bertz CT molecular complexity index is 862. The number of carbonyl (C=O) groups is 3. The number of benzene rings is 1. The maximum absolute atomic E-state index is 12.9. The zero-order chi connectivity index (χ0) is 18.3. The Labute approximate surface area is 154 Å². The molecule has 0 radical (unpaired) electrons. The number of anilines is 1. The Hall–Kier alpha value is -2.48. The summed E-state index contributed by atoms with van der Waals surface area (Å²) in [6.45, 7) is 1.69. The molecular formula is C18H20N4O3S. The van der Waals surface area contributed by atoms with Gasteiger partial charge in [-0.25, -0.2) is 9.78 Å². The maximum Gasteiger partial charge on any atom is 0.325 e. The molecule has 1 saturated carbocycles. The first-order valence-corrected chi connectivity index (χ1v) is 9.61. The van der Waals surface area contributed by atoms with E-state index < -0.39 is 17.5 Å². The van der Waals surface area contributed by atoms with E-state index >= 15 is 0 Å². The number of nitrogens with zero attached hydrogens (tertiary/aromatic N) is 2. The minimum absolute atomic E-state index is 0.0741. The Morgan fingerprint density at radius 1 is 1.38 bits per heavy atom. The Balaban J connectivity index is 1.47. The van der Waals surface area contributed by atoms with Crippen LogP contribution in [0.3, 0.4) is 0 Å². The number of hydrogen-bond donors (Lipinski definition) is 2. The summed E-state index contributed by atoms with van der Waals surface area (Å²) in [5.74, 6) is -0.632. The monoisotopic (exact) mass is 372 g/mol. The number of nitrogens with one attached hydrogen (secondary N) is 2. The number of amides is 4. The van der Waals surface area contributed by atoms with Crippen molar-refractivity contribution in [2.75, 3.05) is 11.9 Å². The highest BCUT2D eigenvalue weighted by molar-refractivity contribution is 7.22. The Kier molecular flexibility index (Phi) is 4.14. The van der Waals surface area contributed by atoms with Crippen molar-refractivity contribution in [3.8, 4) is 0 Å². The third kappa shape index (κ3) is 2.74. The Morgan fingerprint density at radius 3 is 2.96 bits per heavy atom. The van der Waals surface area contributed by atoms with Crippen molar-refractivity contribution in [2.24, 2.45) is 5.92 Å². The number of thiazole rings is 1. The molecule has 1 spiro atoms. The third-order valence-electron chi connectivity index (χ3n) is 5.34. The minimum atomic E-state index is -0.842. The van der Waals surface area contributed by atoms with Gasteiger partial charge in [0.2, 0.25) is 5.91 Å². The molecule has 1 saturated heterocycles. The summed E-state index contributed by atoms with van der Waals surface area (Å²) in [7, 11) is 0. The highest BCUT2D eigenvalue weighted by Crippen LogP contribution is 2.38. The van der Waals surface area contributed by atoms with Crippen LogP contribution in [0.5, 0.6) is 0 Å². The van der Waals surface area contributed by atoms with Gasteiger partial charge in [0.15, 0.2) is 5.13 Å². The molecule has 2 aliphatic rings. The molecule has 1 aliphatic heterocycles. The quantitative estimate of drug-likeness (QED) is 0.811. The average Bonchev–Trinajstić information content (AvgIpc) is 3.12. The van der Waals surface area contributed by atoms with Gasteiger partial charge < -0.3 is 10.6 Å². The normalized spacial score (nSPS) is 25.7. The van der Waals surface area contributed by atoms with Crippen LogP contribution in [-0.2, 0) is 9.59 Å². The fourth-order valence-electron chi connectivity index (χ4n) is 3.87. The predicted octanol–water partition coefficient (Wildman–Crippen LogP) is 2.74. The lowest BCUT2D eigenvalue weighted by Gasteiger charge is -2.36. The predicted molar refractivity (Wildman–Crippen MR) is 98.9 cm³/mol. The van der Waals surface area contributed by atoms with Crippen LogP contribution in [0.25, 0.3) is 10.2 Å². The van der Waals surface area contributed by atoms with E-state index in [2.05, 4.69) is 15.6 Å². The molecule has 136 valence electrons. The lowest BCUT2D eigenvalue weighted by atomic mass is 9.73. The molecule has 8 heteroatoms. The van der Waals surface area contributed by atoms with E-state index in [4.69, 9.17) is 0 Å². The molecular weight excluding hydrogens is 352 g/mol. The highest BCUT2D eigenvalue weighted by atomic mass is 32.1. The lowest BCUT2D eigenvalue weighted by Crippen LogP contribution is -2.54. The molecule has 2 heterocycles. The number of aromatic nitrogens is 1. The summed E-state index contributed by atoms with van der Waals surface area (Å²) in [4.78, 5) is 43.0. The van der Waals surface area contributed by atoms with Crippen LogP contribution in [0.15, 0.2) is 24.3 Å². The van der Waals surface area contributed by atoms with Crippen molar-refractivity contribution < 1.29 is 14.4 Å². The minimum Gasteiger partial charge on any atom is -0.323 e. The first-order chi connectivity index (χ1) is 12.5. The van der Waals surface area contributed by atoms with Gasteiger partial charge >= 0.3 is 6.03 Å². The number of para-hydroxylation sites is 1. The number of urea groups is 1. The van der Waals surface area contributed by atoms with Crippen molar-refractivity contribution in [1.29, 1.82) is 0 Å². The molecule has 2 fully saturated rings. The number of hydrogen-bond acceptors (Lipinski definition) is 5. The summed E-state index contributed by atoms with van der Waals surface area (Å²) in [6, 6.07) is 7.10. The highest BCUT2D eigenvalue weighted by Gasteiger charge is 2.55. The first-order valence-electron chi connectivity index (χ1n) is 8.79. The summed E-state index contributed by atoms with van der Waals surface area (Å²) in [6.07, 6.45) is 3.50. The molecule has 4 amide bonds. The molecule has 26 heavy (non-hydrogen) atoms. The van der Waals surface area contributed by atoms with Crippen LogP contribution in [-0.4, -0.2) is 39.8 Å². The van der Waals surface area contributed by atoms with Crippen LogP contribution in [0.2, 0.25) is 0 Å². The van der Waals surface area contributed by atoms with Crippen LogP contribution >= 0.6 is 11.3 Å². The third-order valence-corrected chi connectivity index (χ3v) is 6.30. The topological polar surface area (TPSA) is 91.4 Å². The molecule has 0 unspecified atom stereocenters. The van der Waals surface area contributed by atoms with Gasteiger partial charge in [-0.2, -0.15) is 0 Å². The number of rotatable bonds is 3. The van der Waals surface area contributed by atoms with E-state index in [1.807, 2.05) is 31.2 Å². The van der Waals surface area contributed by atoms with Crippen molar-refractivity contribution in [3.63, 3.8) is 0 Å². The van der Waals surface area contributed by atoms with E-state index in [0.29, 0.717) is 11.6 Å². The summed E-state index contributed by atoms with van der Waals surface area (Å²) in [5.41, 5.74) is -0.0383. The molecule has 1 aliphatic carbocycles. The first kappa shape index (κ1) is 17.0. The summed E-state index contributed by atoms with van der Waals surface area (Å²) < 4.78 is 0.966. The van der Waals surface area contributed by atoms with Gasteiger partial charge in [-0.15, -0.1) is 0 Å². The second-order valence-electron chi connectivity index (χ2n) is 6.97. The standard InChI is InChI=1S/C18H20N4O3S/c1-11-6-4-5-9-18(11)15(24)22(17(25)21-18)10-14(23)20-16-19-12-7-2-3-8-13(12)26-16/h2-3,7-8,11H,4-6,9-10H2,1H3,(H,21,25)(H,19,20,23)/t11-,18-/m0/s1. The van der Waals surface area contributed by atoms with Crippen LogP contribution < -0.4 is 10.6 Å². The zero-order valence-corrected chi connectivity index (χ0v) is 15.3. The van der Waals surface area contributed by atoms with Crippen LogP contribution in [0, 0.1) is 5.92 Å². The van der Waals surface area contributed by atoms with Gasteiger partial charge in [0, 0.05) is 0 Å². The van der Waals surface area contributed by atoms with Crippen molar-refractivity contribution in [1.82, 2.24) is 15.2 Å². The van der Waals surface area contributed by atoms with E-state index in [-0.39, 0.29) is 18.4 Å². The molecule has 2 aromatic rings.